The van der Waals surface area contributed by atoms with Crippen LogP contribution in [0, 0.1) is 5.82 Å². The Morgan fingerprint density at radius 1 is 1.16 bits per heavy atom. The summed E-state index contributed by atoms with van der Waals surface area (Å²) in [6.45, 7) is 1.32. The van der Waals surface area contributed by atoms with E-state index in [9.17, 15) is 9.18 Å². The summed E-state index contributed by atoms with van der Waals surface area (Å²) in [5.74, 6) is -0.215. The quantitative estimate of drug-likeness (QED) is 0.380. The van der Waals surface area contributed by atoms with Gasteiger partial charge in [0.05, 0.1) is 23.8 Å². The normalized spacial score (nSPS) is 16.6. The molecule has 0 bridgehead atoms. The number of fused-ring (bicyclic) bond motifs is 4. The minimum atomic E-state index is -0.414. The fourth-order valence-electron chi connectivity index (χ4n) is 4.65. The van der Waals surface area contributed by atoms with E-state index in [-0.39, 0.29) is 17.1 Å². The maximum Gasteiger partial charge on any atom is 0.272 e. The third-order valence-electron chi connectivity index (χ3n) is 6.15. The Balaban J connectivity index is 1.80. The number of anilines is 1. The van der Waals surface area contributed by atoms with Crippen molar-refractivity contribution in [2.24, 2.45) is 0 Å². The predicted octanol–water partition coefficient (Wildman–Crippen LogP) is 3.84. The van der Waals surface area contributed by atoms with Gasteiger partial charge in [-0.05, 0) is 41.8 Å². The Kier molecular flexibility index (Phi) is 3.85. The summed E-state index contributed by atoms with van der Waals surface area (Å²) in [7, 11) is 0. The zero-order valence-corrected chi connectivity index (χ0v) is 16.4. The Labute approximate surface area is 175 Å². The highest BCUT2D eigenvalue weighted by Gasteiger charge is 2.24. The van der Waals surface area contributed by atoms with Crippen LogP contribution in [0.3, 0.4) is 0 Å². The number of pyridine rings is 2. The molecule has 0 spiro atoms. The third kappa shape index (κ3) is 2.58. The van der Waals surface area contributed by atoms with Crippen molar-refractivity contribution >= 4 is 38.4 Å². The van der Waals surface area contributed by atoms with Gasteiger partial charge in [-0.1, -0.05) is 6.07 Å². The molecule has 0 aliphatic carbocycles. The number of hydrogen-bond donors (Lipinski definition) is 3. The number of nitrogens with one attached hydrogen (secondary N) is 2. The van der Waals surface area contributed by atoms with Gasteiger partial charge < -0.3 is 15.5 Å². The van der Waals surface area contributed by atoms with E-state index in [2.05, 4.69) is 20.2 Å². The first-order chi connectivity index (χ1) is 15.1. The van der Waals surface area contributed by atoms with E-state index >= 15 is 0 Å². The maximum atomic E-state index is 14.3. The lowest BCUT2D eigenvalue weighted by Gasteiger charge is -2.17. The van der Waals surface area contributed by atoms with Gasteiger partial charge in [0.15, 0.2) is 0 Å². The number of aromatic nitrogens is 4. The molecule has 7 nitrogen and oxygen atoms in total. The second-order valence-electron chi connectivity index (χ2n) is 7.84. The number of nitrogens with zero attached hydrogens (tertiary/aromatic N) is 2. The molecule has 4 N–H and O–H groups in total. The molecule has 3 aromatic heterocycles. The van der Waals surface area contributed by atoms with Crippen LogP contribution in [0.5, 0.6) is 0 Å². The van der Waals surface area contributed by atoms with Gasteiger partial charge in [0.2, 0.25) is 0 Å². The van der Waals surface area contributed by atoms with Gasteiger partial charge in [-0.25, -0.2) is 4.39 Å². The molecule has 0 radical (unpaired) electrons. The number of rotatable bonds is 2. The first-order valence-corrected chi connectivity index (χ1v) is 10.1. The highest BCUT2D eigenvalue weighted by molar-refractivity contribution is 6.15. The Hall–Kier alpha value is -3.78. The van der Waals surface area contributed by atoms with E-state index in [1.165, 1.54) is 6.07 Å². The van der Waals surface area contributed by atoms with Gasteiger partial charge in [-0.15, -0.1) is 0 Å². The molecule has 1 fully saturated rings. The fraction of sp³-hybridized carbons (Fsp3) is 0.174. The molecule has 1 aliphatic rings. The molecule has 5 aromatic rings. The Morgan fingerprint density at radius 3 is 2.90 bits per heavy atom. The highest BCUT2D eigenvalue weighted by Crippen LogP contribution is 2.41. The lowest BCUT2D eigenvalue weighted by molar-refractivity contribution is 0.194. The van der Waals surface area contributed by atoms with E-state index in [1.807, 2.05) is 18.2 Å². The number of nitrogen functional groups attached to an aromatic ring is 1. The lowest BCUT2D eigenvalue weighted by atomic mass is 9.89. The smallest absolute Gasteiger partial charge is 0.272 e. The number of nitrogens with two attached hydrogens (primary N) is 1. The van der Waals surface area contributed by atoms with Crippen molar-refractivity contribution < 1.29 is 9.13 Å². The topological polar surface area (TPSA) is 110 Å². The maximum absolute atomic E-state index is 14.3. The molecule has 1 saturated heterocycles. The largest absolute Gasteiger partial charge is 0.394 e. The number of halogens is 1. The third-order valence-corrected chi connectivity index (χ3v) is 6.15. The first kappa shape index (κ1) is 18.0. The molecule has 0 amide bonds. The Bertz CT molecular complexity index is 1550. The van der Waals surface area contributed by atoms with Crippen LogP contribution in [0.25, 0.3) is 43.8 Å². The standard InChI is InChI=1S/C23H18FN5O2/c24-17-4-3-12(16-9-27-29-22(16)17)18-15-8-14(11-5-7-31-10-11)20-13(2-1-6-26-20)21(15)28-23(30)19(18)25/h1-4,6,8-9,11H,5,7,10,25H2,(H,27,29)(H,28,30). The molecule has 1 aliphatic heterocycles. The van der Waals surface area contributed by atoms with Crippen molar-refractivity contribution in [3.05, 3.63) is 64.5 Å². The summed E-state index contributed by atoms with van der Waals surface area (Å²) in [6, 6.07) is 8.83. The van der Waals surface area contributed by atoms with Crippen molar-refractivity contribution in [3.63, 3.8) is 0 Å². The summed E-state index contributed by atoms with van der Waals surface area (Å²) in [4.78, 5) is 20.4. The SMILES string of the molecule is Nc1c(-c2ccc(F)c3[nH]ncc23)c2cc(C3CCOC3)c3ncccc3c2[nH]c1=O. The van der Waals surface area contributed by atoms with Crippen molar-refractivity contribution in [3.8, 4) is 11.1 Å². The molecular weight excluding hydrogens is 397 g/mol. The molecule has 4 heterocycles. The molecule has 0 saturated carbocycles. The number of benzene rings is 2. The molecule has 154 valence electrons. The van der Waals surface area contributed by atoms with Crippen LogP contribution >= 0.6 is 0 Å². The molecule has 8 heteroatoms. The van der Waals surface area contributed by atoms with Crippen LogP contribution in [-0.2, 0) is 4.74 Å². The fourth-order valence-corrected chi connectivity index (χ4v) is 4.65. The number of ether oxygens (including phenoxy) is 1. The van der Waals surface area contributed by atoms with E-state index in [0.717, 1.165) is 28.3 Å². The van der Waals surface area contributed by atoms with Gasteiger partial charge in [-0.2, -0.15) is 5.10 Å². The summed E-state index contributed by atoms with van der Waals surface area (Å²) >= 11 is 0. The van der Waals surface area contributed by atoms with Gasteiger partial charge in [0.25, 0.3) is 5.56 Å². The molecule has 1 atom stereocenters. The van der Waals surface area contributed by atoms with E-state index < -0.39 is 11.4 Å². The van der Waals surface area contributed by atoms with Crippen LogP contribution in [0.1, 0.15) is 17.9 Å². The van der Waals surface area contributed by atoms with Gasteiger partial charge in [-0.3, -0.25) is 14.9 Å². The van der Waals surface area contributed by atoms with Crippen LogP contribution in [0.15, 0.2) is 47.5 Å². The summed E-state index contributed by atoms with van der Waals surface area (Å²) in [6.07, 6.45) is 4.20. The van der Waals surface area contributed by atoms with E-state index in [1.54, 1.807) is 18.5 Å². The molecule has 1 unspecified atom stereocenters. The second-order valence-corrected chi connectivity index (χ2v) is 7.84. The first-order valence-electron chi connectivity index (χ1n) is 10.1. The second kappa shape index (κ2) is 6.61. The van der Waals surface area contributed by atoms with Crippen molar-refractivity contribution in [1.82, 2.24) is 20.2 Å². The van der Waals surface area contributed by atoms with Crippen molar-refractivity contribution in [1.29, 1.82) is 0 Å². The van der Waals surface area contributed by atoms with E-state index in [0.29, 0.717) is 35.2 Å². The molecule has 2 aromatic carbocycles. The van der Waals surface area contributed by atoms with Crippen LogP contribution in [0.2, 0.25) is 0 Å². The van der Waals surface area contributed by atoms with Gasteiger partial charge >= 0.3 is 0 Å². The van der Waals surface area contributed by atoms with Crippen LogP contribution in [0.4, 0.5) is 10.1 Å². The highest BCUT2D eigenvalue weighted by atomic mass is 19.1. The zero-order valence-electron chi connectivity index (χ0n) is 16.4. The molecule has 6 rings (SSSR count). The monoisotopic (exact) mass is 415 g/mol. The number of hydrogen-bond acceptors (Lipinski definition) is 5. The summed E-state index contributed by atoms with van der Waals surface area (Å²) in [5.41, 5.74) is 10.0. The van der Waals surface area contributed by atoms with Gasteiger partial charge in [0.1, 0.15) is 17.0 Å². The van der Waals surface area contributed by atoms with E-state index in [4.69, 9.17) is 10.5 Å². The van der Waals surface area contributed by atoms with Crippen LogP contribution in [-0.4, -0.2) is 33.4 Å². The molecule has 31 heavy (non-hydrogen) atoms. The summed E-state index contributed by atoms with van der Waals surface area (Å²) in [5, 5.41) is 8.87. The number of H-pyrrole nitrogens is 2. The van der Waals surface area contributed by atoms with Gasteiger partial charge in [0, 0.05) is 40.4 Å². The minimum absolute atomic E-state index is 0.0819. The minimum Gasteiger partial charge on any atom is -0.394 e. The van der Waals surface area contributed by atoms with Crippen molar-refractivity contribution in [2.75, 3.05) is 18.9 Å². The predicted molar refractivity (Wildman–Crippen MR) is 118 cm³/mol. The zero-order chi connectivity index (χ0) is 21.1. The molecular formula is C23H18FN5O2. The summed E-state index contributed by atoms with van der Waals surface area (Å²) < 4.78 is 19.9. The van der Waals surface area contributed by atoms with Crippen molar-refractivity contribution in [2.45, 2.75) is 12.3 Å². The average Bonchev–Trinajstić information content (AvgIpc) is 3.48. The number of aromatic amines is 2. The van der Waals surface area contributed by atoms with Crippen LogP contribution < -0.4 is 11.3 Å². The Morgan fingerprint density at radius 2 is 2.06 bits per heavy atom. The lowest BCUT2D eigenvalue weighted by Crippen LogP contribution is -2.14. The average molecular weight is 415 g/mol.